The molecule has 6 nitrogen and oxygen atoms in total. The molecule has 2 aromatic rings. The molecule has 0 saturated heterocycles. The molecule has 2 aromatic heterocycles. The Labute approximate surface area is 111 Å². The minimum absolute atomic E-state index is 0.533. The Kier molecular flexibility index (Phi) is 3.22. The quantitative estimate of drug-likeness (QED) is 0.849. The number of nitrogens with one attached hydrogen (secondary N) is 2. The molecule has 1 aliphatic rings. The average Bonchev–Trinajstić information content (AvgIpc) is 3.30. The van der Waals surface area contributed by atoms with Gasteiger partial charge in [0.2, 0.25) is 0 Å². The van der Waals surface area contributed by atoms with Crippen molar-refractivity contribution in [1.29, 1.82) is 0 Å². The van der Waals surface area contributed by atoms with Gasteiger partial charge in [-0.1, -0.05) is 0 Å². The van der Waals surface area contributed by atoms with Gasteiger partial charge in [-0.25, -0.2) is 9.97 Å². The summed E-state index contributed by atoms with van der Waals surface area (Å²) >= 11 is 0. The van der Waals surface area contributed by atoms with E-state index in [4.69, 9.17) is 0 Å². The van der Waals surface area contributed by atoms with E-state index in [1.807, 2.05) is 25.2 Å². The number of nitrogens with zero attached hydrogens (tertiary/aromatic N) is 4. The monoisotopic (exact) mass is 256 g/mol. The van der Waals surface area contributed by atoms with E-state index >= 15 is 0 Å². The van der Waals surface area contributed by atoms with Gasteiger partial charge in [-0.2, -0.15) is 10.2 Å². The molecule has 19 heavy (non-hydrogen) atoms. The molecule has 2 N–H and O–H groups in total. The van der Waals surface area contributed by atoms with Crippen LogP contribution in [0.2, 0.25) is 0 Å². The van der Waals surface area contributed by atoms with E-state index in [1.165, 1.54) is 12.8 Å². The maximum absolute atomic E-state index is 4.55. The summed E-state index contributed by atoms with van der Waals surface area (Å²) in [6.07, 6.45) is 4.05. The van der Waals surface area contributed by atoms with Crippen molar-refractivity contribution in [3.63, 3.8) is 0 Å². The lowest BCUT2D eigenvalue weighted by Gasteiger charge is -2.09. The molecule has 0 aliphatic heterocycles. The Balaban J connectivity index is 1.74. The Morgan fingerprint density at radius 2 is 2.11 bits per heavy atom. The summed E-state index contributed by atoms with van der Waals surface area (Å²) in [6.45, 7) is 0.609. The van der Waals surface area contributed by atoms with E-state index in [0.717, 1.165) is 23.2 Å². The van der Waals surface area contributed by atoms with E-state index in [1.54, 1.807) is 6.20 Å². The third-order valence-electron chi connectivity index (χ3n) is 3.02. The molecule has 1 aliphatic carbocycles. The Bertz CT molecular complexity index is 552. The first-order valence-corrected chi connectivity index (χ1v) is 6.42. The number of hydrogen-bond donors (Lipinski definition) is 2. The van der Waals surface area contributed by atoms with Crippen molar-refractivity contribution in [2.45, 2.75) is 25.3 Å². The molecular weight excluding hydrogens is 240 g/mol. The van der Waals surface area contributed by atoms with E-state index in [-0.39, 0.29) is 0 Å². The fourth-order valence-electron chi connectivity index (χ4n) is 1.82. The lowest BCUT2D eigenvalue weighted by Crippen LogP contribution is -2.07. The summed E-state index contributed by atoms with van der Waals surface area (Å²) in [5.74, 6) is 3.13. The van der Waals surface area contributed by atoms with E-state index in [9.17, 15) is 0 Å². The molecule has 2 heterocycles. The lowest BCUT2D eigenvalue weighted by molar-refractivity contribution is 0.898. The van der Waals surface area contributed by atoms with Crippen LogP contribution in [-0.4, -0.2) is 27.2 Å². The van der Waals surface area contributed by atoms with Crippen molar-refractivity contribution in [3.05, 3.63) is 35.9 Å². The first-order valence-electron chi connectivity index (χ1n) is 6.42. The summed E-state index contributed by atoms with van der Waals surface area (Å²) in [5.41, 5.74) is 0.889. The van der Waals surface area contributed by atoms with Crippen molar-refractivity contribution < 1.29 is 0 Å². The van der Waals surface area contributed by atoms with E-state index in [0.29, 0.717) is 12.5 Å². The Morgan fingerprint density at radius 3 is 2.79 bits per heavy atom. The molecule has 0 spiro atoms. The van der Waals surface area contributed by atoms with Crippen LogP contribution in [0.5, 0.6) is 0 Å². The zero-order chi connectivity index (χ0) is 13.1. The van der Waals surface area contributed by atoms with Gasteiger partial charge >= 0.3 is 0 Å². The van der Waals surface area contributed by atoms with Gasteiger partial charge < -0.3 is 10.6 Å². The van der Waals surface area contributed by atoms with Crippen LogP contribution in [0.1, 0.15) is 30.3 Å². The highest BCUT2D eigenvalue weighted by atomic mass is 15.1. The topological polar surface area (TPSA) is 75.6 Å². The molecule has 0 radical (unpaired) electrons. The van der Waals surface area contributed by atoms with Gasteiger partial charge in [0, 0.05) is 25.2 Å². The average molecular weight is 256 g/mol. The predicted octanol–water partition coefficient (Wildman–Crippen LogP) is 1.80. The van der Waals surface area contributed by atoms with Crippen molar-refractivity contribution in [1.82, 2.24) is 20.2 Å². The van der Waals surface area contributed by atoms with Gasteiger partial charge in [-0.3, -0.25) is 0 Å². The standard InChI is InChI=1S/C13H16N6/c1-14-11-7-12(18-13(17-11)9-4-5-9)15-8-10-3-2-6-16-19-10/h2-3,6-7,9H,4-5,8H2,1H3,(H2,14,15,17,18). The predicted molar refractivity (Wildman–Crippen MR) is 72.9 cm³/mol. The van der Waals surface area contributed by atoms with Crippen LogP contribution in [-0.2, 0) is 6.54 Å². The summed E-state index contributed by atoms with van der Waals surface area (Å²) in [6, 6.07) is 5.71. The molecule has 0 atom stereocenters. The summed E-state index contributed by atoms with van der Waals surface area (Å²) in [5, 5.41) is 14.2. The minimum Gasteiger partial charge on any atom is -0.373 e. The maximum atomic E-state index is 4.55. The number of hydrogen-bond acceptors (Lipinski definition) is 6. The van der Waals surface area contributed by atoms with Crippen molar-refractivity contribution in [3.8, 4) is 0 Å². The molecule has 0 unspecified atom stereocenters. The fourth-order valence-corrected chi connectivity index (χ4v) is 1.82. The summed E-state index contributed by atoms with van der Waals surface area (Å²) in [4.78, 5) is 9.03. The van der Waals surface area contributed by atoms with Crippen LogP contribution in [0.4, 0.5) is 11.6 Å². The number of aromatic nitrogens is 4. The minimum atomic E-state index is 0.533. The van der Waals surface area contributed by atoms with Crippen LogP contribution >= 0.6 is 0 Å². The van der Waals surface area contributed by atoms with Crippen LogP contribution in [0.15, 0.2) is 24.4 Å². The van der Waals surface area contributed by atoms with Gasteiger partial charge in [0.15, 0.2) is 0 Å². The normalized spacial score (nSPS) is 14.2. The maximum Gasteiger partial charge on any atom is 0.136 e. The second-order valence-electron chi connectivity index (χ2n) is 4.59. The summed E-state index contributed by atoms with van der Waals surface area (Å²) in [7, 11) is 1.87. The van der Waals surface area contributed by atoms with E-state index < -0.39 is 0 Å². The highest BCUT2D eigenvalue weighted by Gasteiger charge is 2.27. The Hall–Kier alpha value is -2.24. The van der Waals surface area contributed by atoms with Crippen LogP contribution in [0.3, 0.4) is 0 Å². The second-order valence-corrected chi connectivity index (χ2v) is 4.59. The van der Waals surface area contributed by atoms with Gasteiger partial charge in [0.1, 0.15) is 17.5 Å². The van der Waals surface area contributed by atoms with Crippen LogP contribution in [0.25, 0.3) is 0 Å². The van der Waals surface area contributed by atoms with Gasteiger partial charge in [0.25, 0.3) is 0 Å². The zero-order valence-corrected chi connectivity index (χ0v) is 10.8. The number of rotatable bonds is 5. The van der Waals surface area contributed by atoms with E-state index in [2.05, 4.69) is 30.8 Å². The molecule has 3 rings (SSSR count). The molecule has 1 fully saturated rings. The van der Waals surface area contributed by atoms with Crippen molar-refractivity contribution in [2.24, 2.45) is 0 Å². The molecule has 1 saturated carbocycles. The summed E-state index contributed by atoms with van der Waals surface area (Å²) < 4.78 is 0. The Morgan fingerprint density at radius 1 is 1.26 bits per heavy atom. The zero-order valence-electron chi connectivity index (χ0n) is 10.8. The highest BCUT2D eigenvalue weighted by molar-refractivity contribution is 5.48. The molecule has 0 amide bonds. The van der Waals surface area contributed by atoms with Gasteiger partial charge in [-0.15, -0.1) is 0 Å². The molecule has 98 valence electrons. The van der Waals surface area contributed by atoms with Crippen molar-refractivity contribution in [2.75, 3.05) is 17.7 Å². The molecule has 6 heteroatoms. The van der Waals surface area contributed by atoms with Crippen LogP contribution < -0.4 is 10.6 Å². The SMILES string of the molecule is CNc1cc(NCc2cccnn2)nc(C2CC2)n1. The molecular formula is C13H16N6. The third kappa shape index (κ3) is 2.96. The highest BCUT2D eigenvalue weighted by Crippen LogP contribution is 2.38. The smallest absolute Gasteiger partial charge is 0.136 e. The fraction of sp³-hybridized carbons (Fsp3) is 0.385. The van der Waals surface area contributed by atoms with Gasteiger partial charge in [0.05, 0.1) is 12.2 Å². The third-order valence-corrected chi connectivity index (χ3v) is 3.02. The molecule has 0 aromatic carbocycles. The van der Waals surface area contributed by atoms with Crippen LogP contribution in [0, 0.1) is 0 Å². The molecule has 0 bridgehead atoms. The first-order chi connectivity index (χ1) is 9.35. The second kappa shape index (κ2) is 5.17. The van der Waals surface area contributed by atoms with Gasteiger partial charge in [-0.05, 0) is 25.0 Å². The lowest BCUT2D eigenvalue weighted by atomic mass is 10.3. The largest absolute Gasteiger partial charge is 0.373 e. The van der Waals surface area contributed by atoms with Crippen molar-refractivity contribution >= 4 is 11.6 Å². The number of anilines is 2. The first kappa shape index (κ1) is 11.8.